The number of hydrogen-bond acceptors (Lipinski definition) is 3. The summed E-state index contributed by atoms with van der Waals surface area (Å²) in [6.07, 6.45) is 7.14. The van der Waals surface area contributed by atoms with E-state index in [4.69, 9.17) is 10.4 Å². The van der Waals surface area contributed by atoms with Crippen LogP contribution in [-0.2, 0) is 9.59 Å². The van der Waals surface area contributed by atoms with Crippen LogP contribution in [0.5, 0.6) is 0 Å². The highest BCUT2D eigenvalue weighted by Crippen LogP contribution is 2.05. The van der Waals surface area contributed by atoms with Crippen LogP contribution in [0.3, 0.4) is 0 Å². The lowest BCUT2D eigenvalue weighted by Crippen LogP contribution is -2.32. The zero-order valence-corrected chi connectivity index (χ0v) is 9.75. The Balaban J connectivity index is 5.00. The summed E-state index contributed by atoms with van der Waals surface area (Å²) in [4.78, 5) is 23.3. The minimum absolute atomic E-state index is 0.436. The van der Waals surface area contributed by atoms with E-state index in [1.807, 2.05) is 6.92 Å². The van der Waals surface area contributed by atoms with Crippen LogP contribution < -0.4 is 0 Å². The quantitative estimate of drug-likeness (QED) is 0.443. The van der Waals surface area contributed by atoms with Crippen molar-refractivity contribution in [3.05, 3.63) is 36.1 Å². The van der Waals surface area contributed by atoms with E-state index in [1.165, 1.54) is 0 Å². The van der Waals surface area contributed by atoms with Gasteiger partial charge in [-0.15, -0.1) is 0 Å². The van der Waals surface area contributed by atoms with Gasteiger partial charge in [-0.3, -0.25) is 9.59 Å². The molecular weight excluding hydrogens is 220 g/mol. The molecule has 0 heterocycles. The van der Waals surface area contributed by atoms with Crippen molar-refractivity contribution in [3.63, 3.8) is 0 Å². The van der Waals surface area contributed by atoms with Crippen LogP contribution in [0.15, 0.2) is 36.1 Å². The number of carboxylic acid groups (broad SMARTS) is 1. The molecule has 0 bridgehead atoms. The fourth-order valence-electron chi connectivity index (χ4n) is 1.04. The van der Waals surface area contributed by atoms with Crippen LogP contribution in [0.25, 0.3) is 0 Å². The number of hydrogen-bond donors (Lipinski definition) is 1. The van der Waals surface area contributed by atoms with Crippen molar-refractivity contribution in [2.75, 3.05) is 6.54 Å². The summed E-state index contributed by atoms with van der Waals surface area (Å²) in [5, 5.41) is 17.0. The number of aliphatic carboxylic acids is 1. The summed E-state index contributed by atoms with van der Waals surface area (Å²) < 4.78 is 0. The van der Waals surface area contributed by atoms with Crippen molar-refractivity contribution in [1.29, 1.82) is 5.26 Å². The van der Waals surface area contributed by atoms with E-state index < -0.39 is 18.4 Å². The van der Waals surface area contributed by atoms with Gasteiger partial charge in [0, 0.05) is 17.8 Å². The van der Waals surface area contributed by atoms with Gasteiger partial charge in [0.2, 0.25) is 0 Å². The van der Waals surface area contributed by atoms with E-state index in [0.29, 0.717) is 5.70 Å². The second-order valence-corrected chi connectivity index (χ2v) is 3.11. The smallest absolute Gasteiger partial charge is 0.323 e. The maximum absolute atomic E-state index is 11.6. The Morgan fingerprint density at radius 3 is 2.59 bits per heavy atom. The van der Waals surface area contributed by atoms with Gasteiger partial charge in [-0.05, 0) is 19.9 Å². The standard InChI is InChI=1S/C12H14N2O3/c1-3-4-6-10(2)14(9-12(16)17)11(15)7-5-8-13/h3-7H,9H2,1-2H3,(H,16,17)/b4-3-,7-5+,10-6+. The first-order valence-electron chi connectivity index (χ1n) is 4.92. The summed E-state index contributed by atoms with van der Waals surface area (Å²) in [6, 6.07) is 1.68. The molecule has 0 radical (unpaired) electrons. The highest BCUT2D eigenvalue weighted by Gasteiger charge is 2.15. The van der Waals surface area contributed by atoms with Gasteiger partial charge in [0.25, 0.3) is 5.91 Å². The molecule has 1 amide bonds. The molecule has 0 atom stereocenters. The van der Waals surface area contributed by atoms with Gasteiger partial charge >= 0.3 is 5.97 Å². The number of carbonyl (C=O) groups is 2. The average Bonchev–Trinajstić information content (AvgIpc) is 2.29. The lowest BCUT2D eigenvalue weighted by Gasteiger charge is -2.19. The number of rotatable bonds is 5. The van der Waals surface area contributed by atoms with E-state index in [1.54, 1.807) is 31.2 Å². The Kier molecular flexibility index (Phi) is 6.79. The zero-order chi connectivity index (χ0) is 13.3. The number of allylic oxidation sites excluding steroid dienone is 5. The van der Waals surface area contributed by atoms with Crippen LogP contribution in [0.1, 0.15) is 13.8 Å². The van der Waals surface area contributed by atoms with Crippen LogP contribution in [0, 0.1) is 11.3 Å². The van der Waals surface area contributed by atoms with Crippen LogP contribution in [0.4, 0.5) is 0 Å². The molecule has 90 valence electrons. The molecule has 0 fully saturated rings. The third-order valence-corrected chi connectivity index (χ3v) is 1.82. The Bertz CT molecular complexity index is 414. The fraction of sp³-hybridized carbons (Fsp3) is 0.250. The monoisotopic (exact) mass is 234 g/mol. The van der Waals surface area contributed by atoms with Crippen LogP contribution in [-0.4, -0.2) is 28.4 Å². The van der Waals surface area contributed by atoms with Gasteiger partial charge in [-0.2, -0.15) is 5.26 Å². The van der Waals surface area contributed by atoms with Crippen molar-refractivity contribution in [2.45, 2.75) is 13.8 Å². The Labute approximate surface area is 100.0 Å². The number of amides is 1. The highest BCUT2D eigenvalue weighted by atomic mass is 16.4. The molecule has 0 aliphatic heterocycles. The zero-order valence-electron chi connectivity index (χ0n) is 9.75. The topological polar surface area (TPSA) is 81.4 Å². The fourth-order valence-corrected chi connectivity index (χ4v) is 1.04. The molecule has 17 heavy (non-hydrogen) atoms. The first kappa shape index (κ1) is 14.6. The van der Waals surface area contributed by atoms with Crippen molar-refractivity contribution < 1.29 is 14.7 Å². The van der Waals surface area contributed by atoms with Gasteiger partial charge in [0.05, 0.1) is 6.07 Å². The second-order valence-electron chi connectivity index (χ2n) is 3.11. The van der Waals surface area contributed by atoms with Crippen molar-refractivity contribution >= 4 is 11.9 Å². The molecule has 1 N–H and O–H groups in total. The molecule has 0 aromatic heterocycles. The molecule has 0 aromatic rings. The second kappa shape index (κ2) is 7.88. The maximum Gasteiger partial charge on any atom is 0.323 e. The lowest BCUT2D eigenvalue weighted by atomic mass is 10.3. The van der Waals surface area contributed by atoms with Gasteiger partial charge in [-0.25, -0.2) is 0 Å². The molecule has 0 saturated heterocycles. The SMILES string of the molecule is C/C=C\C=C(/C)N(CC(=O)O)C(=O)/C=C/C#N. The largest absolute Gasteiger partial charge is 0.480 e. The number of carboxylic acids is 1. The molecular formula is C12H14N2O3. The summed E-state index contributed by atoms with van der Waals surface area (Å²) in [6.45, 7) is 3.00. The molecule has 0 aliphatic rings. The molecule has 0 rings (SSSR count). The van der Waals surface area contributed by atoms with Gasteiger partial charge in [-0.1, -0.05) is 12.2 Å². The highest BCUT2D eigenvalue weighted by molar-refractivity contribution is 5.91. The first-order chi connectivity index (χ1) is 8.02. The van der Waals surface area contributed by atoms with Gasteiger partial charge in [0.1, 0.15) is 6.54 Å². The summed E-state index contributed by atoms with van der Waals surface area (Å²) in [7, 11) is 0. The molecule has 0 aromatic carbocycles. The molecule has 0 saturated carbocycles. The summed E-state index contributed by atoms with van der Waals surface area (Å²) in [5.41, 5.74) is 0.498. The normalized spacial score (nSPS) is 11.7. The first-order valence-corrected chi connectivity index (χ1v) is 4.92. The minimum Gasteiger partial charge on any atom is -0.480 e. The number of nitriles is 1. The van der Waals surface area contributed by atoms with Gasteiger partial charge < -0.3 is 10.0 Å². The van der Waals surface area contributed by atoms with Crippen LogP contribution in [0.2, 0.25) is 0 Å². The predicted octanol–water partition coefficient (Wildman–Crippen LogP) is 1.46. The molecule has 5 heteroatoms. The molecule has 0 spiro atoms. The van der Waals surface area contributed by atoms with Crippen LogP contribution >= 0.6 is 0 Å². The van der Waals surface area contributed by atoms with E-state index >= 15 is 0 Å². The predicted molar refractivity (Wildman–Crippen MR) is 62.7 cm³/mol. The number of nitrogens with zero attached hydrogens (tertiary/aromatic N) is 2. The lowest BCUT2D eigenvalue weighted by molar-refractivity contribution is -0.141. The summed E-state index contributed by atoms with van der Waals surface area (Å²) >= 11 is 0. The molecule has 5 nitrogen and oxygen atoms in total. The Morgan fingerprint density at radius 2 is 2.12 bits per heavy atom. The number of carbonyl (C=O) groups excluding carboxylic acids is 1. The Hall–Kier alpha value is -2.35. The van der Waals surface area contributed by atoms with E-state index in [9.17, 15) is 9.59 Å². The van der Waals surface area contributed by atoms with Crippen molar-refractivity contribution in [1.82, 2.24) is 4.90 Å². The summed E-state index contributed by atoms with van der Waals surface area (Å²) in [5.74, 6) is -1.65. The molecule has 0 aliphatic carbocycles. The van der Waals surface area contributed by atoms with E-state index in [0.717, 1.165) is 17.1 Å². The molecule has 0 unspecified atom stereocenters. The van der Waals surface area contributed by atoms with Crippen molar-refractivity contribution in [2.24, 2.45) is 0 Å². The third kappa shape index (κ3) is 5.95. The minimum atomic E-state index is -1.11. The average molecular weight is 234 g/mol. The Morgan fingerprint density at radius 1 is 1.47 bits per heavy atom. The van der Waals surface area contributed by atoms with E-state index in [2.05, 4.69) is 0 Å². The third-order valence-electron chi connectivity index (χ3n) is 1.82. The van der Waals surface area contributed by atoms with Gasteiger partial charge in [0.15, 0.2) is 0 Å². The van der Waals surface area contributed by atoms with Crippen molar-refractivity contribution in [3.8, 4) is 6.07 Å². The maximum atomic E-state index is 11.6. The van der Waals surface area contributed by atoms with E-state index in [-0.39, 0.29) is 0 Å².